The maximum Gasteiger partial charge on any atom is 0.0739 e. The van der Waals surface area contributed by atoms with Crippen LogP contribution in [0.3, 0.4) is 0 Å². The van der Waals surface area contributed by atoms with Gasteiger partial charge in [-0.1, -0.05) is 18.5 Å². The minimum Gasteiger partial charge on any atom is -0.443 e. The number of benzene rings is 1. The summed E-state index contributed by atoms with van der Waals surface area (Å²) in [5.41, 5.74) is 3.96. The molecule has 1 radical (unpaired) electrons. The molecular formula is C11H8IrN3-. The zero-order chi connectivity index (χ0) is 9.54. The number of nitrogens with zero attached hydrogens (tertiary/aromatic N) is 3. The third-order valence-electron chi connectivity index (χ3n) is 2.44. The van der Waals surface area contributed by atoms with E-state index < -0.39 is 0 Å². The molecule has 2 aromatic heterocycles. The second kappa shape index (κ2) is 3.72. The fourth-order valence-corrected chi connectivity index (χ4v) is 1.76. The standard InChI is InChI=1S/C11H8N3.Ir/c1-7-5-9-11(14-6-13-9)10-8(7)3-2-4-12-10;/h2-6H,1H3;/q-1;. The average molecular weight is 374 g/mol. The van der Waals surface area contributed by atoms with Crippen LogP contribution in [0.4, 0.5) is 0 Å². The van der Waals surface area contributed by atoms with Crippen molar-refractivity contribution in [3.05, 3.63) is 36.3 Å². The van der Waals surface area contributed by atoms with Crippen molar-refractivity contribution >= 4 is 21.9 Å². The van der Waals surface area contributed by atoms with Crippen molar-refractivity contribution in [2.24, 2.45) is 0 Å². The Bertz CT molecular complexity index is 615. The molecule has 3 nitrogen and oxygen atoms in total. The molecule has 0 fully saturated rings. The number of fused-ring (bicyclic) bond motifs is 3. The molecule has 3 aromatic rings. The van der Waals surface area contributed by atoms with Gasteiger partial charge in [-0.2, -0.15) is 0 Å². The predicted molar refractivity (Wildman–Crippen MR) is 55.1 cm³/mol. The third-order valence-corrected chi connectivity index (χ3v) is 2.44. The van der Waals surface area contributed by atoms with Gasteiger partial charge in [-0.3, -0.25) is 4.98 Å². The third kappa shape index (κ3) is 1.46. The van der Waals surface area contributed by atoms with E-state index in [0.29, 0.717) is 0 Å². The van der Waals surface area contributed by atoms with Crippen LogP contribution in [0.5, 0.6) is 0 Å². The molecule has 0 aliphatic heterocycles. The second-order valence-electron chi connectivity index (χ2n) is 3.33. The molecule has 0 atom stereocenters. The summed E-state index contributed by atoms with van der Waals surface area (Å²) in [6, 6.07) is 6.05. The minimum atomic E-state index is 0. The van der Waals surface area contributed by atoms with Crippen molar-refractivity contribution in [2.45, 2.75) is 6.92 Å². The second-order valence-corrected chi connectivity index (χ2v) is 3.33. The number of hydrogen-bond acceptors (Lipinski definition) is 2. The summed E-state index contributed by atoms with van der Waals surface area (Å²) in [6.07, 6.45) is 3.37. The molecule has 3 rings (SSSR count). The van der Waals surface area contributed by atoms with E-state index in [0.717, 1.165) is 21.9 Å². The normalized spacial score (nSPS) is 10.5. The maximum absolute atomic E-state index is 4.34. The molecule has 15 heavy (non-hydrogen) atoms. The average Bonchev–Trinajstić information content (AvgIpc) is 2.66. The molecular weight excluding hydrogens is 366 g/mol. The van der Waals surface area contributed by atoms with Crippen LogP contribution in [0.2, 0.25) is 0 Å². The fourth-order valence-electron chi connectivity index (χ4n) is 1.76. The molecule has 0 N–H and O–H groups in total. The van der Waals surface area contributed by atoms with Crippen molar-refractivity contribution in [1.29, 1.82) is 0 Å². The summed E-state index contributed by atoms with van der Waals surface area (Å²) in [5.74, 6) is 0. The summed E-state index contributed by atoms with van der Waals surface area (Å²) >= 11 is 0. The number of aromatic nitrogens is 3. The monoisotopic (exact) mass is 375 g/mol. The molecule has 4 heteroatoms. The summed E-state index contributed by atoms with van der Waals surface area (Å²) in [7, 11) is 0. The van der Waals surface area contributed by atoms with E-state index in [1.807, 2.05) is 12.1 Å². The molecule has 0 bridgehead atoms. The van der Waals surface area contributed by atoms with E-state index in [9.17, 15) is 0 Å². The topological polar surface area (TPSA) is 39.9 Å². The van der Waals surface area contributed by atoms with E-state index >= 15 is 0 Å². The Morgan fingerprint density at radius 1 is 1.27 bits per heavy atom. The van der Waals surface area contributed by atoms with Gasteiger partial charge < -0.3 is 9.97 Å². The first-order chi connectivity index (χ1) is 6.86. The van der Waals surface area contributed by atoms with Crippen molar-refractivity contribution in [3.63, 3.8) is 0 Å². The first kappa shape index (κ1) is 10.3. The van der Waals surface area contributed by atoms with Crippen LogP contribution < -0.4 is 4.98 Å². The molecule has 1 aromatic carbocycles. The maximum atomic E-state index is 4.34. The zero-order valence-corrected chi connectivity index (χ0v) is 10.5. The number of rotatable bonds is 0. The largest absolute Gasteiger partial charge is 0.443 e. The Morgan fingerprint density at radius 3 is 3.00 bits per heavy atom. The van der Waals surface area contributed by atoms with Crippen molar-refractivity contribution in [3.8, 4) is 0 Å². The van der Waals surface area contributed by atoms with Gasteiger partial charge in [0.2, 0.25) is 0 Å². The van der Waals surface area contributed by atoms with E-state index in [1.165, 1.54) is 5.56 Å². The van der Waals surface area contributed by atoms with Gasteiger partial charge in [0.1, 0.15) is 0 Å². The number of aryl methyl sites for hydroxylation is 1. The predicted octanol–water partition coefficient (Wildman–Crippen LogP) is 2.05. The first-order valence-electron chi connectivity index (χ1n) is 4.48. The molecule has 0 unspecified atom stereocenters. The van der Waals surface area contributed by atoms with Crippen LogP contribution in [0.1, 0.15) is 5.56 Å². The van der Waals surface area contributed by atoms with Crippen molar-refractivity contribution < 1.29 is 20.1 Å². The SMILES string of the molecule is Cc1cc2nc[n-]c2c2ncccc12.[Ir]. The molecule has 0 amide bonds. The minimum absolute atomic E-state index is 0. The van der Waals surface area contributed by atoms with Crippen LogP contribution in [0, 0.1) is 6.92 Å². The van der Waals surface area contributed by atoms with Gasteiger partial charge in [0, 0.05) is 31.7 Å². The van der Waals surface area contributed by atoms with E-state index in [1.54, 1.807) is 12.5 Å². The van der Waals surface area contributed by atoms with E-state index in [4.69, 9.17) is 0 Å². The molecule has 77 valence electrons. The van der Waals surface area contributed by atoms with Crippen LogP contribution in [-0.4, -0.2) is 9.97 Å². The summed E-state index contributed by atoms with van der Waals surface area (Å²) in [4.78, 5) is 12.7. The van der Waals surface area contributed by atoms with Gasteiger partial charge in [0.15, 0.2) is 0 Å². The van der Waals surface area contributed by atoms with Crippen molar-refractivity contribution in [1.82, 2.24) is 15.0 Å². The fraction of sp³-hybridized carbons (Fsp3) is 0.0909. The molecule has 0 saturated heterocycles. The summed E-state index contributed by atoms with van der Waals surface area (Å²) in [6.45, 7) is 2.07. The summed E-state index contributed by atoms with van der Waals surface area (Å²) < 4.78 is 0. The van der Waals surface area contributed by atoms with Gasteiger partial charge in [-0.25, -0.2) is 0 Å². The quantitative estimate of drug-likeness (QED) is 0.605. The number of hydrogen-bond donors (Lipinski definition) is 0. The molecule has 0 aliphatic carbocycles. The molecule has 0 saturated carbocycles. The Kier molecular flexibility index (Phi) is 2.55. The smallest absolute Gasteiger partial charge is 0.0739 e. The van der Waals surface area contributed by atoms with Crippen molar-refractivity contribution in [2.75, 3.05) is 0 Å². The van der Waals surface area contributed by atoms with Crippen LogP contribution >= 0.6 is 0 Å². The number of pyridine rings is 1. The van der Waals surface area contributed by atoms with Crippen LogP contribution in [0.15, 0.2) is 30.7 Å². The van der Waals surface area contributed by atoms with E-state index in [-0.39, 0.29) is 20.1 Å². The number of imidazole rings is 1. The Balaban J connectivity index is 0.000000853. The summed E-state index contributed by atoms with van der Waals surface area (Å²) in [5, 5.41) is 1.15. The Labute approximate surface area is 100 Å². The molecule has 0 spiro atoms. The van der Waals surface area contributed by atoms with Gasteiger partial charge in [-0.15, -0.1) is 0 Å². The molecule has 2 heterocycles. The van der Waals surface area contributed by atoms with Gasteiger partial charge >= 0.3 is 0 Å². The first-order valence-corrected chi connectivity index (χ1v) is 4.48. The van der Waals surface area contributed by atoms with Gasteiger partial charge in [0.05, 0.1) is 5.52 Å². The molecule has 0 aliphatic rings. The van der Waals surface area contributed by atoms with Gasteiger partial charge in [-0.05, 0) is 29.6 Å². The zero-order valence-electron chi connectivity index (χ0n) is 8.06. The van der Waals surface area contributed by atoms with Crippen LogP contribution in [0.25, 0.3) is 21.9 Å². The van der Waals surface area contributed by atoms with Gasteiger partial charge in [0.25, 0.3) is 0 Å². The van der Waals surface area contributed by atoms with Crippen LogP contribution in [-0.2, 0) is 20.1 Å². The van der Waals surface area contributed by atoms with E-state index in [2.05, 4.69) is 27.9 Å². The Morgan fingerprint density at radius 2 is 2.13 bits per heavy atom. The Hall–Kier alpha value is -1.25.